The largest absolute Gasteiger partial charge is 0.377 e. The topological polar surface area (TPSA) is 59.6 Å². The van der Waals surface area contributed by atoms with Crippen LogP contribution in [0.5, 0.6) is 0 Å². The zero-order chi connectivity index (χ0) is 11.3. The summed E-state index contributed by atoms with van der Waals surface area (Å²) in [4.78, 5) is 4.27. The van der Waals surface area contributed by atoms with Gasteiger partial charge >= 0.3 is 0 Å². The normalized spacial score (nSPS) is 17.4. The van der Waals surface area contributed by atoms with E-state index in [1.165, 1.54) is 5.57 Å². The summed E-state index contributed by atoms with van der Waals surface area (Å²) in [5.74, 6) is 0.494. The third kappa shape index (κ3) is 7.05. The second-order valence-electron chi connectivity index (χ2n) is 4.78. The van der Waals surface area contributed by atoms with Crippen LogP contribution in [0.25, 0.3) is 0 Å². The minimum Gasteiger partial charge on any atom is -0.377 e. The lowest BCUT2D eigenvalue weighted by molar-refractivity contribution is 0.150. The van der Waals surface area contributed by atoms with E-state index in [0.29, 0.717) is 19.1 Å². The molecule has 0 radical (unpaired) electrons. The Hall–Kier alpha value is -0.300. The first-order valence-corrected chi connectivity index (χ1v) is 5.31. The van der Waals surface area contributed by atoms with Gasteiger partial charge < -0.3 is 15.8 Å². The number of nitrogens with two attached hydrogens (primary N) is 1. The zero-order valence-electron chi connectivity index (χ0n) is 10.2. The Morgan fingerprint density at radius 1 is 1.56 bits per heavy atom. The molecule has 4 nitrogen and oxygen atoms in total. The van der Waals surface area contributed by atoms with Crippen molar-refractivity contribution in [2.45, 2.75) is 32.7 Å². The van der Waals surface area contributed by atoms with E-state index in [4.69, 9.17) is 10.5 Å². The van der Waals surface area contributed by atoms with Gasteiger partial charge in [-0.05, 0) is 32.8 Å². The average molecular weight is 339 g/mol. The van der Waals surface area contributed by atoms with E-state index >= 15 is 0 Å². The smallest absolute Gasteiger partial charge is 0.189 e. The van der Waals surface area contributed by atoms with Crippen LogP contribution in [-0.4, -0.2) is 31.3 Å². The highest BCUT2D eigenvalue weighted by Crippen LogP contribution is 2.05. The maximum absolute atomic E-state index is 5.75. The molecule has 1 aliphatic rings. The first-order chi connectivity index (χ1) is 6.97. The summed E-state index contributed by atoms with van der Waals surface area (Å²) in [5.41, 5.74) is 6.92. The summed E-state index contributed by atoms with van der Waals surface area (Å²) in [6.45, 7) is 8.30. The Kier molecular flexibility index (Phi) is 6.98. The number of hydrogen-bond donors (Lipinski definition) is 2. The maximum Gasteiger partial charge on any atom is 0.189 e. The van der Waals surface area contributed by atoms with Gasteiger partial charge in [-0.2, -0.15) is 0 Å². The van der Waals surface area contributed by atoms with Crippen molar-refractivity contribution in [2.75, 3.05) is 19.8 Å². The molecule has 0 saturated heterocycles. The number of nitrogens with one attached hydrogen (secondary N) is 1. The highest BCUT2D eigenvalue weighted by atomic mass is 127. The lowest BCUT2D eigenvalue weighted by Gasteiger charge is -2.21. The Bertz CT molecular complexity index is 269. The van der Waals surface area contributed by atoms with Crippen molar-refractivity contribution in [3.8, 4) is 0 Å². The molecule has 0 amide bonds. The number of ether oxygens (including phenoxy) is 1. The molecular formula is C11H22IN3O. The number of aliphatic imine (C=N–C) groups is 1. The molecule has 0 saturated carbocycles. The summed E-state index contributed by atoms with van der Waals surface area (Å²) in [6.07, 6.45) is 3.16. The van der Waals surface area contributed by atoms with Crippen molar-refractivity contribution in [3.63, 3.8) is 0 Å². The number of guanidine groups is 1. The van der Waals surface area contributed by atoms with Gasteiger partial charge in [-0.3, -0.25) is 0 Å². The summed E-state index contributed by atoms with van der Waals surface area (Å²) < 4.78 is 5.32. The summed E-state index contributed by atoms with van der Waals surface area (Å²) in [5, 5.41) is 3.12. The molecule has 0 aromatic rings. The molecule has 1 heterocycles. The van der Waals surface area contributed by atoms with Crippen molar-refractivity contribution in [3.05, 3.63) is 11.6 Å². The maximum atomic E-state index is 5.75. The molecule has 94 valence electrons. The molecule has 0 aromatic carbocycles. The minimum absolute atomic E-state index is 0. The van der Waals surface area contributed by atoms with Crippen LogP contribution >= 0.6 is 24.0 Å². The Morgan fingerprint density at radius 3 is 2.75 bits per heavy atom. The molecule has 0 atom stereocenters. The fourth-order valence-corrected chi connectivity index (χ4v) is 1.33. The Morgan fingerprint density at radius 2 is 2.25 bits per heavy atom. The average Bonchev–Trinajstić information content (AvgIpc) is 2.14. The quantitative estimate of drug-likeness (QED) is 0.348. The van der Waals surface area contributed by atoms with Gasteiger partial charge in [-0.25, -0.2) is 4.99 Å². The predicted octanol–water partition coefficient (Wildman–Crippen LogP) is 1.65. The summed E-state index contributed by atoms with van der Waals surface area (Å²) in [7, 11) is 0. The van der Waals surface area contributed by atoms with Crippen molar-refractivity contribution in [1.29, 1.82) is 0 Å². The van der Waals surface area contributed by atoms with Gasteiger partial charge in [0.25, 0.3) is 0 Å². The van der Waals surface area contributed by atoms with Gasteiger partial charge in [0.05, 0.1) is 19.8 Å². The second kappa shape index (κ2) is 7.11. The first-order valence-electron chi connectivity index (χ1n) is 5.31. The molecule has 0 unspecified atom stereocenters. The van der Waals surface area contributed by atoms with Crippen molar-refractivity contribution in [1.82, 2.24) is 5.32 Å². The van der Waals surface area contributed by atoms with Gasteiger partial charge in [0.2, 0.25) is 0 Å². The molecule has 0 aliphatic carbocycles. The molecule has 1 aliphatic heterocycles. The number of nitrogens with zero attached hydrogens (tertiary/aromatic N) is 1. The van der Waals surface area contributed by atoms with Crippen molar-refractivity contribution < 1.29 is 4.74 Å². The first kappa shape index (κ1) is 15.7. The van der Waals surface area contributed by atoms with Crippen LogP contribution in [0.3, 0.4) is 0 Å². The monoisotopic (exact) mass is 339 g/mol. The fourth-order valence-electron chi connectivity index (χ4n) is 1.33. The van der Waals surface area contributed by atoms with E-state index in [2.05, 4.69) is 37.2 Å². The van der Waals surface area contributed by atoms with Crippen molar-refractivity contribution >= 4 is 29.9 Å². The molecule has 1 rings (SSSR count). The van der Waals surface area contributed by atoms with Crippen LogP contribution in [0.1, 0.15) is 27.2 Å². The Balaban J connectivity index is 0.00000225. The molecule has 0 bridgehead atoms. The minimum atomic E-state index is -0.0367. The predicted molar refractivity (Wildman–Crippen MR) is 78.3 cm³/mol. The van der Waals surface area contributed by atoms with Crippen LogP contribution in [0, 0.1) is 0 Å². The molecule has 0 aromatic heterocycles. The van der Waals surface area contributed by atoms with E-state index < -0.39 is 0 Å². The molecule has 0 fully saturated rings. The van der Waals surface area contributed by atoms with Crippen LogP contribution in [0.15, 0.2) is 16.6 Å². The molecule has 0 spiro atoms. The third-order valence-corrected chi connectivity index (χ3v) is 1.94. The van der Waals surface area contributed by atoms with Crippen molar-refractivity contribution in [2.24, 2.45) is 10.7 Å². The van der Waals surface area contributed by atoms with E-state index in [-0.39, 0.29) is 29.5 Å². The van der Waals surface area contributed by atoms with Gasteiger partial charge in [0.1, 0.15) is 0 Å². The van der Waals surface area contributed by atoms with E-state index in [1.807, 2.05) is 0 Å². The molecule has 3 N–H and O–H groups in total. The SMILES string of the molecule is CC(C)(C)NC(N)=NCC1=CCCOC1.I. The van der Waals surface area contributed by atoms with E-state index in [1.54, 1.807) is 0 Å². The second-order valence-corrected chi connectivity index (χ2v) is 4.78. The number of halogens is 1. The lowest BCUT2D eigenvalue weighted by atomic mass is 10.1. The Labute approximate surface area is 115 Å². The van der Waals surface area contributed by atoms with Crippen LogP contribution in [0.2, 0.25) is 0 Å². The molecule has 16 heavy (non-hydrogen) atoms. The van der Waals surface area contributed by atoms with Gasteiger partial charge in [-0.15, -0.1) is 24.0 Å². The van der Waals surface area contributed by atoms with Gasteiger partial charge in [0.15, 0.2) is 5.96 Å². The number of rotatable bonds is 2. The third-order valence-electron chi connectivity index (χ3n) is 1.94. The highest BCUT2D eigenvalue weighted by molar-refractivity contribution is 14.0. The standard InChI is InChI=1S/C11H21N3O.HI/c1-11(2,3)14-10(12)13-7-9-5-4-6-15-8-9;/h5H,4,6-8H2,1-3H3,(H3,12,13,14);1H. The molecular weight excluding hydrogens is 317 g/mol. The lowest BCUT2D eigenvalue weighted by Crippen LogP contribution is -2.45. The fraction of sp³-hybridized carbons (Fsp3) is 0.727. The van der Waals surface area contributed by atoms with Gasteiger partial charge in [0, 0.05) is 5.54 Å². The van der Waals surface area contributed by atoms with Crippen LogP contribution < -0.4 is 11.1 Å². The van der Waals surface area contributed by atoms with Crippen LogP contribution in [0.4, 0.5) is 0 Å². The van der Waals surface area contributed by atoms with E-state index in [9.17, 15) is 0 Å². The van der Waals surface area contributed by atoms with E-state index in [0.717, 1.165) is 13.0 Å². The molecule has 5 heteroatoms. The van der Waals surface area contributed by atoms with Gasteiger partial charge in [-0.1, -0.05) is 6.08 Å². The summed E-state index contributed by atoms with van der Waals surface area (Å²) in [6, 6.07) is 0. The highest BCUT2D eigenvalue weighted by Gasteiger charge is 2.10. The summed E-state index contributed by atoms with van der Waals surface area (Å²) >= 11 is 0. The van der Waals surface area contributed by atoms with Crippen LogP contribution in [-0.2, 0) is 4.74 Å². The number of hydrogen-bond acceptors (Lipinski definition) is 2. The zero-order valence-corrected chi connectivity index (χ0v) is 12.6.